The lowest BCUT2D eigenvalue weighted by Gasteiger charge is -2.28. The number of carboxylic acids is 1. The molecule has 1 aliphatic rings. The second kappa shape index (κ2) is 11.2. The summed E-state index contributed by atoms with van der Waals surface area (Å²) in [7, 11) is 1.56. The Hall–Kier alpha value is -3.39. The van der Waals surface area contributed by atoms with E-state index in [0.717, 1.165) is 22.3 Å². The van der Waals surface area contributed by atoms with Gasteiger partial charge in [0, 0.05) is 26.0 Å². The maximum Gasteiger partial charge on any atom is 0.407 e. The zero-order chi connectivity index (χ0) is 24.7. The second-order valence-electron chi connectivity index (χ2n) is 8.68. The van der Waals surface area contributed by atoms with Crippen LogP contribution in [0.1, 0.15) is 50.2 Å². The van der Waals surface area contributed by atoms with E-state index in [-0.39, 0.29) is 31.9 Å². The number of alkyl carbamates (subject to hydrolysis) is 1. The highest BCUT2D eigenvalue weighted by Crippen LogP contribution is 2.44. The van der Waals surface area contributed by atoms with Gasteiger partial charge in [0.05, 0.1) is 5.60 Å². The van der Waals surface area contributed by atoms with Gasteiger partial charge in [-0.05, 0) is 42.0 Å². The third kappa shape index (κ3) is 5.94. The summed E-state index contributed by atoms with van der Waals surface area (Å²) in [5.41, 5.74) is 3.83. The van der Waals surface area contributed by atoms with Crippen LogP contribution in [0.2, 0.25) is 0 Å². The largest absolute Gasteiger partial charge is 0.481 e. The summed E-state index contributed by atoms with van der Waals surface area (Å²) in [5.74, 6) is -1.65. The number of hydrogen-bond acceptors (Lipinski definition) is 5. The monoisotopic (exact) mass is 468 g/mol. The van der Waals surface area contributed by atoms with Crippen molar-refractivity contribution in [3.8, 4) is 11.1 Å². The fourth-order valence-corrected chi connectivity index (χ4v) is 4.06. The van der Waals surface area contributed by atoms with Crippen LogP contribution in [-0.2, 0) is 19.1 Å². The van der Waals surface area contributed by atoms with Gasteiger partial charge in [0.1, 0.15) is 12.6 Å². The average Bonchev–Trinajstić information content (AvgIpc) is 3.17. The van der Waals surface area contributed by atoms with Crippen molar-refractivity contribution in [1.29, 1.82) is 0 Å². The standard InChI is InChI=1S/C26H32N2O6/c1-4-26(2,33-3)16-27-24(31)22(13-14-23(29)30)28-25(32)34-15-21-19-11-7-5-9-17(19)18-10-6-8-12-20(18)21/h5-12,21-22H,4,13-16H2,1-3H3,(H,27,31)(H,28,32)(H,29,30). The van der Waals surface area contributed by atoms with E-state index in [1.807, 2.05) is 62.4 Å². The maximum absolute atomic E-state index is 12.7. The van der Waals surface area contributed by atoms with Gasteiger partial charge >= 0.3 is 12.1 Å². The zero-order valence-corrected chi connectivity index (χ0v) is 19.8. The molecule has 8 nitrogen and oxygen atoms in total. The number of nitrogens with one attached hydrogen (secondary N) is 2. The van der Waals surface area contributed by atoms with Crippen LogP contribution in [0, 0.1) is 0 Å². The normalized spacial score (nSPS) is 14.9. The minimum atomic E-state index is -1.05. The first-order valence-electron chi connectivity index (χ1n) is 11.4. The van der Waals surface area contributed by atoms with E-state index in [1.165, 1.54) is 0 Å². The van der Waals surface area contributed by atoms with E-state index in [4.69, 9.17) is 14.6 Å². The molecule has 0 bridgehead atoms. The molecule has 0 saturated carbocycles. The molecule has 2 amide bonds. The third-order valence-corrected chi connectivity index (χ3v) is 6.48. The molecule has 182 valence electrons. The lowest BCUT2D eigenvalue weighted by molar-refractivity contribution is -0.137. The Morgan fingerprint density at radius 3 is 2.18 bits per heavy atom. The van der Waals surface area contributed by atoms with Crippen LogP contribution in [0.15, 0.2) is 48.5 Å². The highest BCUT2D eigenvalue weighted by atomic mass is 16.5. The van der Waals surface area contributed by atoms with Crippen LogP contribution in [0.3, 0.4) is 0 Å². The Bertz CT molecular complexity index is 988. The summed E-state index contributed by atoms with van der Waals surface area (Å²) in [6.45, 7) is 4.13. The maximum atomic E-state index is 12.7. The van der Waals surface area contributed by atoms with Gasteiger partial charge in [0.2, 0.25) is 5.91 Å². The molecular formula is C26H32N2O6. The molecule has 2 aromatic carbocycles. The molecule has 2 unspecified atom stereocenters. The third-order valence-electron chi connectivity index (χ3n) is 6.48. The van der Waals surface area contributed by atoms with Crippen LogP contribution in [0.4, 0.5) is 4.79 Å². The lowest BCUT2D eigenvalue weighted by atomic mass is 9.98. The quantitative estimate of drug-likeness (QED) is 0.464. The van der Waals surface area contributed by atoms with E-state index < -0.39 is 29.6 Å². The zero-order valence-electron chi connectivity index (χ0n) is 19.8. The summed E-state index contributed by atoms with van der Waals surface area (Å²) in [5, 5.41) is 14.3. The van der Waals surface area contributed by atoms with Crippen molar-refractivity contribution in [2.75, 3.05) is 20.3 Å². The molecule has 0 fully saturated rings. The SMILES string of the molecule is CCC(C)(CNC(=O)C(CCC(=O)O)NC(=O)OCC1c2ccccc2-c2ccccc21)OC. The highest BCUT2D eigenvalue weighted by Gasteiger charge is 2.30. The van der Waals surface area contributed by atoms with Crippen LogP contribution < -0.4 is 10.6 Å². The number of hydrogen-bond donors (Lipinski definition) is 3. The fourth-order valence-electron chi connectivity index (χ4n) is 4.06. The van der Waals surface area contributed by atoms with E-state index in [1.54, 1.807) is 7.11 Å². The Morgan fingerprint density at radius 2 is 1.65 bits per heavy atom. The average molecular weight is 469 g/mol. The molecule has 0 heterocycles. The summed E-state index contributed by atoms with van der Waals surface area (Å²) < 4.78 is 10.9. The molecule has 3 rings (SSSR count). The van der Waals surface area contributed by atoms with Crippen molar-refractivity contribution in [1.82, 2.24) is 10.6 Å². The second-order valence-corrected chi connectivity index (χ2v) is 8.68. The van der Waals surface area contributed by atoms with E-state index >= 15 is 0 Å². The molecule has 2 atom stereocenters. The molecular weight excluding hydrogens is 436 g/mol. The topological polar surface area (TPSA) is 114 Å². The smallest absolute Gasteiger partial charge is 0.407 e. The van der Waals surface area contributed by atoms with Gasteiger partial charge in [0.25, 0.3) is 0 Å². The molecule has 1 aliphatic carbocycles. The first kappa shape index (κ1) is 25.2. The number of benzene rings is 2. The number of rotatable bonds is 11. The minimum absolute atomic E-state index is 0.0544. The van der Waals surface area contributed by atoms with Crippen molar-refractivity contribution in [2.24, 2.45) is 0 Å². The van der Waals surface area contributed by atoms with Crippen molar-refractivity contribution >= 4 is 18.0 Å². The molecule has 34 heavy (non-hydrogen) atoms. The van der Waals surface area contributed by atoms with Gasteiger partial charge < -0.3 is 25.2 Å². The number of aliphatic carboxylic acids is 1. The van der Waals surface area contributed by atoms with Gasteiger partial charge in [-0.25, -0.2) is 4.79 Å². The summed E-state index contributed by atoms with van der Waals surface area (Å²) >= 11 is 0. The predicted molar refractivity (Wildman–Crippen MR) is 128 cm³/mol. The first-order chi connectivity index (χ1) is 16.3. The minimum Gasteiger partial charge on any atom is -0.481 e. The summed E-state index contributed by atoms with van der Waals surface area (Å²) in [6.07, 6.45) is -0.417. The van der Waals surface area contributed by atoms with Crippen molar-refractivity contribution < 1.29 is 29.0 Å². The highest BCUT2D eigenvalue weighted by molar-refractivity contribution is 5.86. The van der Waals surface area contributed by atoms with Gasteiger partial charge in [-0.2, -0.15) is 0 Å². The molecule has 0 saturated heterocycles. The number of carbonyl (C=O) groups is 3. The van der Waals surface area contributed by atoms with Gasteiger partial charge in [-0.15, -0.1) is 0 Å². The van der Waals surface area contributed by atoms with Crippen LogP contribution >= 0.6 is 0 Å². The number of carboxylic acid groups (broad SMARTS) is 1. The van der Waals surface area contributed by atoms with E-state index in [9.17, 15) is 14.4 Å². The van der Waals surface area contributed by atoms with Gasteiger partial charge in [-0.1, -0.05) is 55.5 Å². The number of amides is 2. The fraction of sp³-hybridized carbons (Fsp3) is 0.423. The number of carbonyl (C=O) groups excluding carboxylic acids is 2. The number of ether oxygens (including phenoxy) is 2. The van der Waals surface area contributed by atoms with E-state index in [2.05, 4.69) is 10.6 Å². The van der Waals surface area contributed by atoms with Crippen LogP contribution in [0.25, 0.3) is 11.1 Å². The van der Waals surface area contributed by atoms with Crippen LogP contribution in [-0.4, -0.2) is 55.0 Å². The van der Waals surface area contributed by atoms with Crippen LogP contribution in [0.5, 0.6) is 0 Å². The lowest BCUT2D eigenvalue weighted by Crippen LogP contribution is -2.51. The van der Waals surface area contributed by atoms with Gasteiger partial charge in [0.15, 0.2) is 0 Å². The Balaban J connectivity index is 1.64. The Morgan fingerprint density at radius 1 is 1.06 bits per heavy atom. The Kier molecular flexibility index (Phi) is 8.28. The first-order valence-corrected chi connectivity index (χ1v) is 11.4. The van der Waals surface area contributed by atoms with Crippen molar-refractivity contribution in [3.05, 3.63) is 59.7 Å². The van der Waals surface area contributed by atoms with Crippen molar-refractivity contribution in [3.63, 3.8) is 0 Å². The number of fused-ring (bicyclic) bond motifs is 3. The molecule has 8 heteroatoms. The Labute approximate surface area is 199 Å². The van der Waals surface area contributed by atoms with Crippen molar-refractivity contribution in [2.45, 2.75) is 50.7 Å². The molecule has 3 N–H and O–H groups in total. The molecule has 0 spiro atoms. The molecule has 2 aromatic rings. The molecule has 0 aromatic heterocycles. The summed E-state index contributed by atoms with van der Waals surface area (Å²) in [4.78, 5) is 36.4. The summed E-state index contributed by atoms with van der Waals surface area (Å²) in [6, 6.07) is 15.0. The molecule has 0 aliphatic heterocycles. The predicted octanol–water partition coefficient (Wildman–Crippen LogP) is 3.69. The number of methoxy groups -OCH3 is 1. The van der Waals surface area contributed by atoms with E-state index in [0.29, 0.717) is 6.42 Å². The molecule has 0 radical (unpaired) electrons. The van der Waals surface area contributed by atoms with Gasteiger partial charge in [-0.3, -0.25) is 9.59 Å².